The van der Waals surface area contributed by atoms with E-state index < -0.39 is 10.4 Å². The van der Waals surface area contributed by atoms with E-state index in [-0.39, 0.29) is 6.42 Å². The van der Waals surface area contributed by atoms with Crippen molar-refractivity contribution in [3.05, 3.63) is 0 Å². The molecule has 0 heterocycles. The standard InChI is InChI=1S/C6H12O3S2/c1-5(4-7)11-6(8,9)2-3-10/h4-5,8-10H,2-3H2,1H3. The van der Waals surface area contributed by atoms with Gasteiger partial charge in [0.25, 0.3) is 0 Å². The van der Waals surface area contributed by atoms with Gasteiger partial charge in [-0.15, -0.1) is 0 Å². The molecule has 0 rings (SSSR count). The molecule has 0 aromatic rings. The highest BCUT2D eigenvalue weighted by atomic mass is 32.2. The first kappa shape index (κ1) is 11.3. The molecule has 0 aliphatic heterocycles. The van der Waals surface area contributed by atoms with Gasteiger partial charge in [-0.05, 0) is 12.7 Å². The van der Waals surface area contributed by atoms with Crippen LogP contribution in [0.3, 0.4) is 0 Å². The molecule has 0 aliphatic carbocycles. The molecule has 0 amide bonds. The normalized spacial score (nSPS) is 14.5. The van der Waals surface area contributed by atoms with Crippen LogP contribution in [-0.2, 0) is 4.79 Å². The van der Waals surface area contributed by atoms with E-state index in [4.69, 9.17) is 10.2 Å². The van der Waals surface area contributed by atoms with Crippen molar-refractivity contribution in [2.75, 3.05) is 5.75 Å². The van der Waals surface area contributed by atoms with Gasteiger partial charge in [0.1, 0.15) is 6.29 Å². The van der Waals surface area contributed by atoms with Gasteiger partial charge in [-0.1, -0.05) is 11.8 Å². The average molecular weight is 196 g/mol. The predicted molar refractivity (Wildman–Crippen MR) is 48.8 cm³/mol. The maximum Gasteiger partial charge on any atom is 0.214 e. The molecule has 0 aromatic heterocycles. The van der Waals surface area contributed by atoms with Gasteiger partial charge in [-0.25, -0.2) is 0 Å². The first-order chi connectivity index (χ1) is 5.02. The van der Waals surface area contributed by atoms with E-state index in [1.807, 2.05) is 0 Å². The third-order valence-electron chi connectivity index (χ3n) is 1.00. The molecule has 0 fully saturated rings. The van der Waals surface area contributed by atoms with Crippen LogP contribution < -0.4 is 0 Å². The Kier molecular flexibility index (Phi) is 5.16. The Morgan fingerprint density at radius 3 is 2.64 bits per heavy atom. The maximum absolute atomic E-state index is 10.1. The zero-order valence-electron chi connectivity index (χ0n) is 6.23. The number of aldehydes is 1. The lowest BCUT2D eigenvalue weighted by Crippen LogP contribution is -2.27. The molecular weight excluding hydrogens is 184 g/mol. The van der Waals surface area contributed by atoms with Crippen molar-refractivity contribution >= 4 is 30.7 Å². The van der Waals surface area contributed by atoms with Gasteiger partial charge in [0.15, 0.2) is 0 Å². The first-order valence-electron chi connectivity index (χ1n) is 3.20. The minimum Gasteiger partial charge on any atom is -0.357 e. The van der Waals surface area contributed by atoms with Crippen molar-refractivity contribution in [1.82, 2.24) is 0 Å². The lowest BCUT2D eigenvalue weighted by atomic mass is 10.5. The molecule has 0 aliphatic rings. The van der Waals surface area contributed by atoms with E-state index in [2.05, 4.69) is 12.6 Å². The number of thiol groups is 1. The van der Waals surface area contributed by atoms with Crippen molar-refractivity contribution in [2.24, 2.45) is 0 Å². The van der Waals surface area contributed by atoms with Gasteiger partial charge in [-0.3, -0.25) is 0 Å². The summed E-state index contributed by atoms with van der Waals surface area (Å²) < 4.78 is 0. The molecular formula is C6H12O3S2. The second-order valence-electron chi connectivity index (χ2n) is 2.18. The van der Waals surface area contributed by atoms with Gasteiger partial charge >= 0.3 is 0 Å². The number of hydrogen-bond donors (Lipinski definition) is 3. The van der Waals surface area contributed by atoms with Crippen LogP contribution in [0.1, 0.15) is 13.3 Å². The molecule has 5 heteroatoms. The summed E-state index contributed by atoms with van der Waals surface area (Å²) in [6, 6.07) is 0. The minimum atomic E-state index is -1.82. The fraction of sp³-hybridized carbons (Fsp3) is 0.833. The van der Waals surface area contributed by atoms with E-state index in [1.54, 1.807) is 6.92 Å². The van der Waals surface area contributed by atoms with Crippen LogP contribution in [0.15, 0.2) is 0 Å². The highest BCUT2D eigenvalue weighted by Crippen LogP contribution is 2.26. The molecule has 0 saturated heterocycles. The zero-order chi connectivity index (χ0) is 8.91. The summed E-state index contributed by atoms with van der Waals surface area (Å²) in [4.78, 5) is 10.1. The summed E-state index contributed by atoms with van der Waals surface area (Å²) in [5.41, 5.74) is 0. The number of aliphatic hydroxyl groups is 2. The van der Waals surface area contributed by atoms with Crippen molar-refractivity contribution in [1.29, 1.82) is 0 Å². The third kappa shape index (κ3) is 5.55. The number of hydrogen-bond acceptors (Lipinski definition) is 5. The van der Waals surface area contributed by atoms with Crippen molar-refractivity contribution in [2.45, 2.75) is 23.7 Å². The van der Waals surface area contributed by atoms with Crippen LogP contribution >= 0.6 is 24.4 Å². The monoisotopic (exact) mass is 196 g/mol. The molecule has 0 bridgehead atoms. The average Bonchev–Trinajstić information content (AvgIpc) is 1.86. The SMILES string of the molecule is CC(C=O)SC(O)(O)CCS. The van der Waals surface area contributed by atoms with Gasteiger partial charge in [0.2, 0.25) is 5.12 Å². The Morgan fingerprint density at radius 2 is 2.27 bits per heavy atom. The largest absolute Gasteiger partial charge is 0.357 e. The molecule has 1 atom stereocenters. The Labute approximate surface area is 75.6 Å². The molecule has 0 aromatic carbocycles. The molecule has 0 saturated carbocycles. The Balaban J connectivity index is 3.79. The summed E-state index contributed by atoms with van der Waals surface area (Å²) in [5, 5.41) is 16.0. The van der Waals surface area contributed by atoms with Crippen molar-refractivity contribution < 1.29 is 15.0 Å². The van der Waals surface area contributed by atoms with Gasteiger partial charge < -0.3 is 15.0 Å². The minimum absolute atomic E-state index is 0.152. The van der Waals surface area contributed by atoms with Gasteiger partial charge in [0, 0.05) is 6.42 Å². The summed E-state index contributed by atoms with van der Waals surface area (Å²) >= 11 is 4.66. The van der Waals surface area contributed by atoms with Crippen molar-refractivity contribution in [3.63, 3.8) is 0 Å². The summed E-state index contributed by atoms with van der Waals surface area (Å²) in [6.07, 6.45) is 0.823. The van der Waals surface area contributed by atoms with Crippen LogP contribution in [-0.4, -0.2) is 32.6 Å². The highest BCUT2D eigenvalue weighted by molar-refractivity contribution is 8.01. The second-order valence-corrected chi connectivity index (χ2v) is 4.26. The van der Waals surface area contributed by atoms with Crippen LogP contribution in [0.5, 0.6) is 0 Å². The van der Waals surface area contributed by atoms with E-state index >= 15 is 0 Å². The Morgan fingerprint density at radius 1 is 1.73 bits per heavy atom. The van der Waals surface area contributed by atoms with Gasteiger partial charge in [-0.2, -0.15) is 12.6 Å². The van der Waals surface area contributed by atoms with Crippen molar-refractivity contribution in [3.8, 4) is 0 Å². The summed E-state index contributed by atoms with van der Waals surface area (Å²) in [5.74, 6) is 0.381. The highest BCUT2D eigenvalue weighted by Gasteiger charge is 2.25. The third-order valence-corrected chi connectivity index (χ3v) is 2.29. The lowest BCUT2D eigenvalue weighted by Gasteiger charge is -2.21. The zero-order valence-corrected chi connectivity index (χ0v) is 7.94. The van der Waals surface area contributed by atoms with E-state index in [0.717, 1.165) is 11.8 Å². The number of carbonyl (C=O) groups excluding carboxylic acids is 1. The molecule has 11 heavy (non-hydrogen) atoms. The number of thioether (sulfide) groups is 1. The molecule has 3 nitrogen and oxygen atoms in total. The molecule has 0 spiro atoms. The van der Waals surface area contributed by atoms with Crippen LogP contribution in [0.2, 0.25) is 0 Å². The first-order valence-corrected chi connectivity index (χ1v) is 4.72. The van der Waals surface area contributed by atoms with E-state index in [9.17, 15) is 4.79 Å². The molecule has 2 N–H and O–H groups in total. The quantitative estimate of drug-likeness (QED) is 0.335. The Hall–Kier alpha value is 0.290. The summed E-state index contributed by atoms with van der Waals surface area (Å²) in [7, 11) is 0. The lowest BCUT2D eigenvalue weighted by molar-refractivity contribution is -0.108. The second kappa shape index (κ2) is 5.03. The fourth-order valence-electron chi connectivity index (χ4n) is 0.530. The number of carbonyl (C=O) groups is 1. The van der Waals surface area contributed by atoms with Gasteiger partial charge in [0.05, 0.1) is 5.25 Å². The number of rotatable bonds is 5. The topological polar surface area (TPSA) is 57.5 Å². The molecule has 66 valence electrons. The smallest absolute Gasteiger partial charge is 0.214 e. The van der Waals surface area contributed by atoms with E-state index in [1.165, 1.54) is 0 Å². The molecule has 1 unspecified atom stereocenters. The van der Waals surface area contributed by atoms with Crippen LogP contribution in [0.25, 0.3) is 0 Å². The molecule has 0 radical (unpaired) electrons. The maximum atomic E-state index is 10.1. The van der Waals surface area contributed by atoms with E-state index in [0.29, 0.717) is 12.0 Å². The fourth-order valence-corrected chi connectivity index (χ4v) is 1.86. The van der Waals surface area contributed by atoms with Crippen LogP contribution in [0.4, 0.5) is 0 Å². The summed E-state index contributed by atoms with van der Waals surface area (Å²) in [6.45, 7) is 1.61. The Bertz CT molecular complexity index is 127. The van der Waals surface area contributed by atoms with Crippen LogP contribution in [0, 0.1) is 0 Å². The predicted octanol–water partition coefficient (Wildman–Crippen LogP) is 0.265.